The summed E-state index contributed by atoms with van der Waals surface area (Å²) in [7, 11) is 2.31. The second-order valence-electron chi connectivity index (χ2n) is 9.84. The van der Waals surface area contributed by atoms with E-state index in [0.29, 0.717) is 11.1 Å². The molecule has 1 aliphatic heterocycles. The highest BCUT2D eigenvalue weighted by atomic mass is 19.4. The molecule has 3 aromatic rings. The number of rotatable bonds is 5. The summed E-state index contributed by atoms with van der Waals surface area (Å²) >= 11 is 0. The third kappa shape index (κ3) is 4.91. The molecule has 2 aliphatic rings. The third-order valence-corrected chi connectivity index (χ3v) is 7.58. The molecule has 2 N–H and O–H groups in total. The molecule has 1 aliphatic carbocycles. The number of alkyl halides is 3. The number of pyridine rings is 1. The van der Waals surface area contributed by atoms with Crippen LogP contribution in [0.3, 0.4) is 0 Å². The third-order valence-electron chi connectivity index (χ3n) is 7.58. The summed E-state index contributed by atoms with van der Waals surface area (Å²) in [5.41, 5.74) is 6.85. The van der Waals surface area contributed by atoms with Crippen molar-refractivity contribution < 1.29 is 37.0 Å². The summed E-state index contributed by atoms with van der Waals surface area (Å²) in [6, 6.07) is 16.5. The van der Waals surface area contributed by atoms with Gasteiger partial charge in [0.1, 0.15) is 11.7 Å². The number of nitrogens with zero attached hydrogens (tertiary/aromatic N) is 2. The molecular formula is C31H26F3N3O5. The average Bonchev–Trinajstić information content (AvgIpc) is 3.00. The first-order valence-electron chi connectivity index (χ1n) is 12.9. The predicted octanol–water partition coefficient (Wildman–Crippen LogP) is 4.85. The Hall–Kier alpha value is -4.93. The Bertz CT molecular complexity index is 1600. The van der Waals surface area contributed by atoms with Gasteiger partial charge in [-0.05, 0) is 41.8 Å². The molecule has 5 rings (SSSR count). The molecule has 42 heavy (non-hydrogen) atoms. The van der Waals surface area contributed by atoms with Crippen molar-refractivity contribution in [1.29, 1.82) is 0 Å². The number of ether oxygens (including phenoxy) is 2. The maximum absolute atomic E-state index is 14.5. The number of halogens is 3. The van der Waals surface area contributed by atoms with Crippen LogP contribution in [0, 0.1) is 5.92 Å². The minimum atomic E-state index is -4.67. The number of esters is 2. The van der Waals surface area contributed by atoms with Crippen molar-refractivity contribution in [2.24, 2.45) is 11.7 Å². The molecule has 0 amide bonds. The van der Waals surface area contributed by atoms with E-state index in [1.807, 2.05) is 0 Å². The Kier molecular flexibility index (Phi) is 7.59. The molecule has 0 radical (unpaired) electrons. The summed E-state index contributed by atoms with van der Waals surface area (Å²) in [5, 5.41) is 0. The van der Waals surface area contributed by atoms with Gasteiger partial charge in [-0.15, -0.1) is 0 Å². The minimum absolute atomic E-state index is 0.0167. The summed E-state index contributed by atoms with van der Waals surface area (Å²) in [4.78, 5) is 46.4. The number of aromatic nitrogens is 1. The maximum Gasteiger partial charge on any atom is 0.416 e. The van der Waals surface area contributed by atoms with E-state index in [2.05, 4.69) is 4.98 Å². The van der Waals surface area contributed by atoms with Crippen molar-refractivity contribution in [2.45, 2.75) is 24.4 Å². The molecule has 11 heteroatoms. The van der Waals surface area contributed by atoms with Gasteiger partial charge in [0.15, 0.2) is 5.78 Å². The molecule has 1 aromatic heterocycles. The lowest BCUT2D eigenvalue weighted by molar-refractivity contribution is -0.150. The zero-order valence-corrected chi connectivity index (χ0v) is 22.6. The van der Waals surface area contributed by atoms with Crippen molar-refractivity contribution in [3.8, 4) is 0 Å². The Labute approximate surface area is 239 Å². The van der Waals surface area contributed by atoms with Gasteiger partial charge in [0.05, 0.1) is 31.3 Å². The monoisotopic (exact) mass is 577 g/mol. The van der Waals surface area contributed by atoms with Crippen LogP contribution in [0.15, 0.2) is 102 Å². The van der Waals surface area contributed by atoms with Crippen molar-refractivity contribution in [3.05, 3.63) is 118 Å². The average molecular weight is 578 g/mol. The molecule has 0 saturated heterocycles. The van der Waals surface area contributed by atoms with E-state index in [1.54, 1.807) is 42.5 Å². The number of hydrogen-bond donors (Lipinski definition) is 1. The highest BCUT2D eigenvalue weighted by Crippen LogP contribution is 2.51. The lowest BCUT2D eigenvalue weighted by Gasteiger charge is -2.44. The van der Waals surface area contributed by atoms with Gasteiger partial charge in [0.25, 0.3) is 0 Å². The fourth-order valence-electron chi connectivity index (χ4n) is 5.74. The van der Waals surface area contributed by atoms with Crippen LogP contribution in [0.5, 0.6) is 0 Å². The first-order valence-corrected chi connectivity index (χ1v) is 12.9. The first-order chi connectivity index (χ1) is 20.1. The van der Waals surface area contributed by atoms with Gasteiger partial charge in [-0.2, -0.15) is 13.2 Å². The largest absolute Gasteiger partial charge is 0.468 e. The lowest BCUT2D eigenvalue weighted by Crippen LogP contribution is -2.46. The second kappa shape index (κ2) is 11.2. The van der Waals surface area contributed by atoms with Crippen LogP contribution in [-0.4, -0.2) is 36.9 Å². The number of ketones is 1. The van der Waals surface area contributed by atoms with Crippen molar-refractivity contribution in [3.63, 3.8) is 0 Å². The Balaban J connectivity index is 1.84. The molecule has 0 unspecified atom stereocenters. The Morgan fingerprint density at radius 3 is 2.31 bits per heavy atom. The molecule has 2 heterocycles. The number of Topliss-reactive ketones (excluding diaryl/α,β-unsaturated/α-hetero) is 1. The molecule has 0 bridgehead atoms. The number of nitrogens with two attached hydrogens (primary N) is 1. The highest BCUT2D eigenvalue weighted by molar-refractivity contribution is 6.14. The molecule has 2 aromatic carbocycles. The number of anilines is 1. The highest BCUT2D eigenvalue weighted by Gasteiger charge is 2.51. The Morgan fingerprint density at radius 2 is 1.69 bits per heavy atom. The molecular weight excluding hydrogens is 551 g/mol. The van der Waals surface area contributed by atoms with Crippen molar-refractivity contribution >= 4 is 23.4 Å². The smallest absolute Gasteiger partial charge is 0.416 e. The van der Waals surface area contributed by atoms with Crippen LogP contribution < -0.4 is 10.6 Å². The molecule has 216 valence electrons. The Morgan fingerprint density at radius 1 is 0.976 bits per heavy atom. The van der Waals surface area contributed by atoms with E-state index >= 15 is 0 Å². The molecule has 0 fully saturated rings. The van der Waals surface area contributed by atoms with Crippen LogP contribution in [0.25, 0.3) is 0 Å². The quantitative estimate of drug-likeness (QED) is 0.339. The van der Waals surface area contributed by atoms with Gasteiger partial charge in [0.2, 0.25) is 0 Å². The number of carbonyl (C=O) groups excluding carboxylic acids is 3. The molecule has 8 nitrogen and oxygen atoms in total. The summed E-state index contributed by atoms with van der Waals surface area (Å²) in [5.74, 6) is -5.66. The minimum Gasteiger partial charge on any atom is -0.468 e. The van der Waals surface area contributed by atoms with E-state index in [1.165, 1.54) is 36.5 Å². The van der Waals surface area contributed by atoms with Crippen molar-refractivity contribution in [1.82, 2.24) is 4.98 Å². The predicted molar refractivity (Wildman–Crippen MR) is 145 cm³/mol. The second-order valence-corrected chi connectivity index (χ2v) is 9.84. The van der Waals surface area contributed by atoms with Crippen LogP contribution in [0.4, 0.5) is 18.9 Å². The van der Waals surface area contributed by atoms with E-state index in [-0.39, 0.29) is 34.8 Å². The molecule has 3 atom stereocenters. The normalized spacial score (nSPS) is 20.7. The fourth-order valence-corrected chi connectivity index (χ4v) is 5.74. The van der Waals surface area contributed by atoms with Crippen LogP contribution in [0.2, 0.25) is 0 Å². The van der Waals surface area contributed by atoms with Gasteiger partial charge >= 0.3 is 18.1 Å². The van der Waals surface area contributed by atoms with Crippen LogP contribution >= 0.6 is 0 Å². The van der Waals surface area contributed by atoms with E-state index < -0.39 is 47.2 Å². The standard InChI is InChI=1S/C31H26F3N3O5/c1-41-29(39)24-21(17-8-4-3-5-9-17)15-22-25(27(24)38)23(18-10-7-13-36-16-18)26(30(40)42-2)28(35)37(22)20-12-6-11-19(14-20)31(32,33)34/h3-14,16,21,23-24H,15,35H2,1-2H3/t21-,23-,24+/m0/s1. The van der Waals surface area contributed by atoms with Crippen LogP contribution in [-0.2, 0) is 30.0 Å². The number of hydrogen-bond acceptors (Lipinski definition) is 8. The van der Waals surface area contributed by atoms with Gasteiger partial charge in [-0.25, -0.2) is 4.79 Å². The zero-order valence-electron chi connectivity index (χ0n) is 22.6. The van der Waals surface area contributed by atoms with Crippen LogP contribution in [0.1, 0.15) is 34.9 Å². The first kappa shape index (κ1) is 28.6. The SMILES string of the molecule is COC(=O)C1=C(N)N(c2cccc(C(F)(F)F)c2)C2=C(C(=O)[C@H](C(=O)OC)[C@H](c3ccccc3)C2)[C@@H]1c1cccnc1. The maximum atomic E-state index is 14.5. The summed E-state index contributed by atoms with van der Waals surface area (Å²) in [6.45, 7) is 0. The van der Waals surface area contributed by atoms with Gasteiger partial charge in [-0.1, -0.05) is 42.5 Å². The van der Waals surface area contributed by atoms with Gasteiger partial charge < -0.3 is 15.2 Å². The summed E-state index contributed by atoms with van der Waals surface area (Å²) < 4.78 is 51.4. The topological polar surface area (TPSA) is 112 Å². The fraction of sp³-hybridized carbons (Fsp3) is 0.226. The summed E-state index contributed by atoms with van der Waals surface area (Å²) in [6.07, 6.45) is -1.69. The number of benzene rings is 2. The zero-order chi connectivity index (χ0) is 30.2. The molecule has 0 saturated carbocycles. The molecule has 0 spiro atoms. The van der Waals surface area contributed by atoms with E-state index in [4.69, 9.17) is 15.2 Å². The number of allylic oxidation sites excluding steroid dienone is 2. The van der Waals surface area contributed by atoms with Crippen molar-refractivity contribution in [2.75, 3.05) is 19.1 Å². The number of methoxy groups -OCH3 is 2. The van der Waals surface area contributed by atoms with Gasteiger partial charge in [-0.3, -0.25) is 19.5 Å². The number of carbonyl (C=O) groups is 3. The van der Waals surface area contributed by atoms with E-state index in [0.717, 1.165) is 19.2 Å². The van der Waals surface area contributed by atoms with Gasteiger partial charge in [0, 0.05) is 35.3 Å². The van der Waals surface area contributed by atoms with E-state index in [9.17, 15) is 27.6 Å². The lowest BCUT2D eigenvalue weighted by atomic mass is 9.67.